The molecule has 3 rings (SSSR count). The summed E-state index contributed by atoms with van der Waals surface area (Å²) in [6.07, 6.45) is 7.83. The van der Waals surface area contributed by atoms with Crippen LogP contribution in [0.1, 0.15) is 19.3 Å². The highest BCUT2D eigenvalue weighted by atomic mass is 16.2. The van der Waals surface area contributed by atoms with Crippen LogP contribution in [0.2, 0.25) is 0 Å². The summed E-state index contributed by atoms with van der Waals surface area (Å²) in [6, 6.07) is -0.566. The molecule has 1 atom stereocenters. The van der Waals surface area contributed by atoms with Crippen LogP contribution < -0.4 is 0 Å². The molecule has 5 nitrogen and oxygen atoms in total. The van der Waals surface area contributed by atoms with E-state index in [1.807, 2.05) is 18.2 Å². The van der Waals surface area contributed by atoms with Crippen molar-refractivity contribution in [3.63, 3.8) is 0 Å². The third kappa shape index (κ3) is 1.66. The SMILES string of the molecule is C=C1C=C2C=CCCC2C2(C1)C(=O)N(C)C(=O)N(C)C2=O. The summed E-state index contributed by atoms with van der Waals surface area (Å²) in [4.78, 5) is 39.8. The van der Waals surface area contributed by atoms with Crippen LogP contribution in [0.4, 0.5) is 4.79 Å². The number of allylic oxidation sites excluding steroid dienone is 5. The van der Waals surface area contributed by atoms with Crippen molar-refractivity contribution in [2.75, 3.05) is 14.1 Å². The Morgan fingerprint density at radius 2 is 1.81 bits per heavy atom. The molecule has 0 N–H and O–H groups in total. The molecule has 0 bridgehead atoms. The summed E-state index contributed by atoms with van der Waals surface area (Å²) >= 11 is 0. The van der Waals surface area contributed by atoms with Crippen molar-refractivity contribution in [1.29, 1.82) is 0 Å². The number of fused-ring (bicyclic) bond motifs is 2. The fourth-order valence-electron chi connectivity index (χ4n) is 3.75. The van der Waals surface area contributed by atoms with E-state index in [9.17, 15) is 14.4 Å². The highest BCUT2D eigenvalue weighted by Gasteiger charge is 2.61. The third-order valence-corrected chi connectivity index (χ3v) is 4.75. The highest BCUT2D eigenvalue weighted by Crippen LogP contribution is 2.51. The Morgan fingerprint density at radius 1 is 1.19 bits per heavy atom. The molecule has 21 heavy (non-hydrogen) atoms. The van der Waals surface area contributed by atoms with Gasteiger partial charge in [0.25, 0.3) is 0 Å². The molecule has 0 aromatic heterocycles. The molecule has 2 aliphatic carbocycles. The van der Waals surface area contributed by atoms with Gasteiger partial charge in [-0.25, -0.2) is 4.79 Å². The number of carbonyl (C=O) groups is 3. The van der Waals surface area contributed by atoms with Gasteiger partial charge in [-0.3, -0.25) is 19.4 Å². The molecule has 1 unspecified atom stereocenters. The Bertz CT molecular complexity index is 605. The molecule has 5 heteroatoms. The van der Waals surface area contributed by atoms with Gasteiger partial charge in [0, 0.05) is 20.0 Å². The summed E-state index contributed by atoms with van der Waals surface area (Å²) in [5, 5.41) is 0. The first-order valence-corrected chi connectivity index (χ1v) is 7.06. The first kappa shape index (κ1) is 13.8. The van der Waals surface area contributed by atoms with Crippen LogP contribution in [0.15, 0.2) is 36.0 Å². The zero-order chi connectivity index (χ0) is 15.4. The molecule has 1 spiro atoms. The normalized spacial score (nSPS) is 28.1. The summed E-state index contributed by atoms with van der Waals surface area (Å²) in [5.41, 5.74) is 0.518. The first-order chi connectivity index (χ1) is 9.89. The second-order valence-corrected chi connectivity index (χ2v) is 5.99. The van der Waals surface area contributed by atoms with Gasteiger partial charge in [-0.1, -0.05) is 30.4 Å². The van der Waals surface area contributed by atoms with E-state index in [2.05, 4.69) is 6.58 Å². The Morgan fingerprint density at radius 3 is 2.43 bits per heavy atom. The number of hydrogen-bond donors (Lipinski definition) is 0. The fraction of sp³-hybridized carbons (Fsp3) is 0.438. The van der Waals surface area contributed by atoms with Gasteiger partial charge < -0.3 is 0 Å². The van der Waals surface area contributed by atoms with Gasteiger partial charge in [0.2, 0.25) is 11.8 Å². The van der Waals surface area contributed by atoms with Crippen LogP contribution in [-0.2, 0) is 9.59 Å². The fourth-order valence-corrected chi connectivity index (χ4v) is 3.75. The maximum atomic E-state index is 12.8. The lowest BCUT2D eigenvalue weighted by atomic mass is 9.60. The van der Waals surface area contributed by atoms with E-state index in [0.29, 0.717) is 0 Å². The molecule has 0 radical (unpaired) electrons. The average molecular weight is 286 g/mol. The number of imide groups is 2. The molecule has 0 aromatic carbocycles. The lowest BCUT2D eigenvalue weighted by Crippen LogP contribution is -2.66. The number of rotatable bonds is 0. The van der Waals surface area contributed by atoms with Crippen molar-refractivity contribution in [3.8, 4) is 0 Å². The molecule has 1 heterocycles. The van der Waals surface area contributed by atoms with Gasteiger partial charge in [0.05, 0.1) is 0 Å². The molecule has 0 aromatic rings. The van der Waals surface area contributed by atoms with Gasteiger partial charge in [-0.2, -0.15) is 0 Å². The molecule has 0 saturated carbocycles. The van der Waals surface area contributed by atoms with E-state index in [-0.39, 0.29) is 12.3 Å². The predicted molar refractivity (Wildman–Crippen MR) is 77.1 cm³/mol. The van der Waals surface area contributed by atoms with Crippen LogP contribution in [0.25, 0.3) is 0 Å². The topological polar surface area (TPSA) is 57.7 Å². The minimum atomic E-state index is -1.21. The Labute approximate surface area is 123 Å². The van der Waals surface area contributed by atoms with E-state index in [0.717, 1.165) is 33.8 Å². The largest absolute Gasteiger partial charge is 0.332 e. The van der Waals surface area contributed by atoms with Gasteiger partial charge in [0.1, 0.15) is 5.41 Å². The highest BCUT2D eigenvalue weighted by molar-refractivity contribution is 6.19. The van der Waals surface area contributed by atoms with Gasteiger partial charge >= 0.3 is 6.03 Å². The average Bonchev–Trinajstić information content (AvgIpc) is 2.49. The molecular formula is C16H18N2O3. The van der Waals surface area contributed by atoms with E-state index in [4.69, 9.17) is 0 Å². The van der Waals surface area contributed by atoms with Crippen LogP contribution in [-0.4, -0.2) is 41.7 Å². The Kier molecular flexibility index (Phi) is 2.90. The molecule has 1 saturated heterocycles. The van der Waals surface area contributed by atoms with Gasteiger partial charge in [-0.15, -0.1) is 0 Å². The zero-order valence-corrected chi connectivity index (χ0v) is 12.3. The van der Waals surface area contributed by atoms with Gasteiger partial charge in [-0.05, 0) is 24.8 Å². The second kappa shape index (κ2) is 4.41. The van der Waals surface area contributed by atoms with Crippen molar-refractivity contribution in [2.45, 2.75) is 19.3 Å². The molecule has 1 fully saturated rings. The summed E-state index contributed by atoms with van der Waals surface area (Å²) in [6.45, 7) is 3.96. The number of hydrogen-bond acceptors (Lipinski definition) is 3. The first-order valence-electron chi connectivity index (χ1n) is 7.06. The smallest absolute Gasteiger partial charge is 0.273 e. The minimum Gasteiger partial charge on any atom is -0.273 e. The van der Waals surface area contributed by atoms with E-state index < -0.39 is 23.3 Å². The van der Waals surface area contributed by atoms with Gasteiger partial charge in [0.15, 0.2) is 0 Å². The number of barbiturate groups is 1. The third-order valence-electron chi connectivity index (χ3n) is 4.75. The van der Waals surface area contributed by atoms with Crippen LogP contribution in [0, 0.1) is 11.3 Å². The molecule has 3 aliphatic rings. The van der Waals surface area contributed by atoms with E-state index in [1.165, 1.54) is 14.1 Å². The zero-order valence-electron chi connectivity index (χ0n) is 12.3. The summed E-state index contributed by atoms with van der Waals surface area (Å²) in [5.74, 6) is -0.976. The van der Waals surface area contributed by atoms with Crippen molar-refractivity contribution in [1.82, 2.24) is 9.80 Å². The number of amides is 4. The maximum absolute atomic E-state index is 12.8. The van der Waals surface area contributed by atoms with E-state index in [1.54, 1.807) is 0 Å². The van der Waals surface area contributed by atoms with E-state index >= 15 is 0 Å². The Balaban J connectivity index is 2.18. The summed E-state index contributed by atoms with van der Waals surface area (Å²) < 4.78 is 0. The van der Waals surface area contributed by atoms with Crippen LogP contribution >= 0.6 is 0 Å². The van der Waals surface area contributed by atoms with Crippen molar-refractivity contribution in [3.05, 3.63) is 36.0 Å². The monoisotopic (exact) mass is 286 g/mol. The molecular weight excluding hydrogens is 268 g/mol. The predicted octanol–water partition coefficient (Wildman–Crippen LogP) is 1.88. The molecule has 4 amide bonds. The standard InChI is InChI=1S/C16H18N2O3/c1-10-8-11-6-4-5-7-12(11)16(9-10)13(19)17(2)15(21)18(3)14(16)20/h4,6,8,12H,1,5,7,9H2,2-3H3. The lowest BCUT2D eigenvalue weighted by Gasteiger charge is -2.48. The van der Waals surface area contributed by atoms with Crippen molar-refractivity contribution >= 4 is 17.8 Å². The quantitative estimate of drug-likeness (QED) is 0.639. The number of urea groups is 1. The maximum Gasteiger partial charge on any atom is 0.332 e. The summed E-state index contributed by atoms with van der Waals surface area (Å²) in [7, 11) is 2.88. The number of carbonyl (C=O) groups excluding carboxylic acids is 3. The Hall–Kier alpha value is -2.17. The number of nitrogens with zero attached hydrogens (tertiary/aromatic N) is 2. The van der Waals surface area contributed by atoms with Crippen LogP contribution in [0.5, 0.6) is 0 Å². The lowest BCUT2D eigenvalue weighted by molar-refractivity contribution is -0.160. The molecule has 110 valence electrons. The van der Waals surface area contributed by atoms with Crippen molar-refractivity contribution < 1.29 is 14.4 Å². The molecule has 1 aliphatic heterocycles. The van der Waals surface area contributed by atoms with Crippen molar-refractivity contribution in [2.24, 2.45) is 11.3 Å². The minimum absolute atomic E-state index is 0.175. The second-order valence-electron chi connectivity index (χ2n) is 5.99. The van der Waals surface area contributed by atoms with Crippen LogP contribution in [0.3, 0.4) is 0 Å².